The number of hydrogen-bond donors (Lipinski definition) is 2. The number of aliphatic hydroxyl groups is 1. The monoisotopic (exact) mass is 400 g/mol. The number of aliphatic hydroxyl groups excluding tert-OH is 1. The van der Waals surface area contributed by atoms with Crippen LogP contribution in [0, 0.1) is 5.82 Å². The van der Waals surface area contributed by atoms with Gasteiger partial charge >= 0.3 is 0 Å². The number of nitrogens with one attached hydrogen (secondary N) is 1. The van der Waals surface area contributed by atoms with Crippen LogP contribution in [0.2, 0.25) is 0 Å². The predicted molar refractivity (Wildman–Crippen MR) is 90.5 cm³/mol. The van der Waals surface area contributed by atoms with Gasteiger partial charge in [-0.05, 0) is 36.4 Å². The molecule has 10 heteroatoms. The molecule has 3 rings (SSSR count). The lowest BCUT2D eigenvalue weighted by molar-refractivity contribution is 0.0548. The SMILES string of the molecule is O=C(Nc1ccc(F)c(C(F)F)c1)c1cccc(S(=O)(=O)N2CC(O)C2)c1. The second kappa shape index (κ2) is 7.29. The first-order chi connectivity index (χ1) is 12.7. The van der Waals surface area contributed by atoms with Crippen LogP contribution in [0.1, 0.15) is 22.3 Å². The highest BCUT2D eigenvalue weighted by molar-refractivity contribution is 7.89. The quantitative estimate of drug-likeness (QED) is 0.807. The van der Waals surface area contributed by atoms with E-state index in [4.69, 9.17) is 0 Å². The first-order valence-corrected chi connectivity index (χ1v) is 9.29. The molecule has 2 aromatic carbocycles. The number of anilines is 1. The molecule has 6 nitrogen and oxygen atoms in total. The molecule has 144 valence electrons. The summed E-state index contributed by atoms with van der Waals surface area (Å²) in [5.41, 5.74) is -0.906. The Morgan fingerprint density at radius 3 is 2.52 bits per heavy atom. The van der Waals surface area contributed by atoms with Gasteiger partial charge in [-0.3, -0.25) is 4.79 Å². The second-order valence-electron chi connectivity index (χ2n) is 5.99. The van der Waals surface area contributed by atoms with E-state index < -0.39 is 39.8 Å². The van der Waals surface area contributed by atoms with Gasteiger partial charge in [-0.1, -0.05) is 6.07 Å². The Morgan fingerprint density at radius 1 is 1.19 bits per heavy atom. The number of carbonyl (C=O) groups is 1. The molecule has 1 amide bonds. The van der Waals surface area contributed by atoms with Crippen LogP contribution < -0.4 is 5.32 Å². The van der Waals surface area contributed by atoms with E-state index in [0.29, 0.717) is 0 Å². The van der Waals surface area contributed by atoms with Crippen LogP contribution in [0.15, 0.2) is 47.4 Å². The maximum Gasteiger partial charge on any atom is 0.266 e. The number of β-amino-alcohol motifs (C(OH)–C–C–N with tert-alkyl or cyclic N) is 1. The van der Waals surface area contributed by atoms with Gasteiger partial charge in [0.15, 0.2) is 0 Å². The minimum Gasteiger partial charge on any atom is -0.390 e. The summed E-state index contributed by atoms with van der Waals surface area (Å²) >= 11 is 0. The van der Waals surface area contributed by atoms with E-state index in [1.165, 1.54) is 18.2 Å². The molecule has 0 radical (unpaired) electrons. The third-order valence-corrected chi connectivity index (χ3v) is 5.88. The Labute approximate surface area is 153 Å². The molecule has 1 heterocycles. The Hall–Kier alpha value is -2.43. The first kappa shape index (κ1) is 19.3. The lowest BCUT2D eigenvalue weighted by Gasteiger charge is -2.34. The fourth-order valence-corrected chi connectivity index (χ4v) is 4.11. The topological polar surface area (TPSA) is 86.7 Å². The van der Waals surface area contributed by atoms with Gasteiger partial charge in [0.25, 0.3) is 12.3 Å². The maximum absolute atomic E-state index is 13.3. The van der Waals surface area contributed by atoms with Gasteiger partial charge in [0.05, 0.1) is 16.6 Å². The molecule has 0 spiro atoms. The standard InChI is InChI=1S/C17H15F3N2O4S/c18-15-5-4-11(7-14(15)16(19)20)21-17(24)10-2-1-3-13(6-10)27(25,26)22-8-12(23)9-22/h1-7,12,16,23H,8-9H2,(H,21,24). The summed E-state index contributed by atoms with van der Waals surface area (Å²) in [5, 5.41) is 11.6. The van der Waals surface area contributed by atoms with Crippen molar-refractivity contribution >= 4 is 21.6 Å². The van der Waals surface area contributed by atoms with E-state index in [-0.39, 0.29) is 29.2 Å². The fraction of sp³-hybridized carbons (Fsp3) is 0.235. The Bertz CT molecular complexity index is 976. The predicted octanol–water partition coefficient (Wildman–Crippen LogP) is 2.38. The fourth-order valence-electron chi connectivity index (χ4n) is 2.55. The molecule has 1 saturated heterocycles. The van der Waals surface area contributed by atoms with Crippen LogP contribution in [0.25, 0.3) is 0 Å². The Morgan fingerprint density at radius 2 is 1.89 bits per heavy atom. The summed E-state index contributed by atoms with van der Waals surface area (Å²) in [7, 11) is -3.84. The highest BCUT2D eigenvalue weighted by Crippen LogP contribution is 2.26. The van der Waals surface area contributed by atoms with Crippen LogP contribution in [0.5, 0.6) is 0 Å². The van der Waals surface area contributed by atoms with Crippen LogP contribution in [-0.4, -0.2) is 42.9 Å². The molecule has 2 N–H and O–H groups in total. The summed E-state index contributed by atoms with van der Waals surface area (Å²) in [4.78, 5) is 12.2. The van der Waals surface area contributed by atoms with Gasteiger partial charge in [0, 0.05) is 24.3 Å². The van der Waals surface area contributed by atoms with Crippen LogP contribution in [0.4, 0.5) is 18.9 Å². The van der Waals surface area contributed by atoms with Crippen LogP contribution in [-0.2, 0) is 10.0 Å². The number of benzene rings is 2. The molecule has 0 aliphatic carbocycles. The van der Waals surface area contributed by atoms with Gasteiger partial charge < -0.3 is 10.4 Å². The number of alkyl halides is 2. The number of hydrogen-bond acceptors (Lipinski definition) is 4. The van der Waals surface area contributed by atoms with E-state index in [2.05, 4.69) is 5.32 Å². The van der Waals surface area contributed by atoms with E-state index in [1.807, 2.05) is 0 Å². The lowest BCUT2D eigenvalue weighted by Crippen LogP contribution is -2.53. The molecular formula is C17H15F3N2O4S. The number of carbonyl (C=O) groups excluding carboxylic acids is 1. The minimum absolute atomic E-state index is 0.0138. The molecule has 1 aliphatic heterocycles. The minimum atomic E-state index is -3.84. The summed E-state index contributed by atoms with van der Waals surface area (Å²) in [6.07, 6.45) is -3.75. The molecule has 0 saturated carbocycles. The molecule has 2 aromatic rings. The Kier molecular flexibility index (Phi) is 5.22. The zero-order valence-corrected chi connectivity index (χ0v) is 14.6. The number of nitrogens with zero attached hydrogens (tertiary/aromatic N) is 1. The van der Waals surface area contributed by atoms with Crippen molar-refractivity contribution < 1.29 is 31.5 Å². The zero-order chi connectivity index (χ0) is 19.8. The number of halogens is 3. The maximum atomic E-state index is 13.3. The van der Waals surface area contributed by atoms with Gasteiger partial charge in [0.1, 0.15) is 5.82 Å². The van der Waals surface area contributed by atoms with Crippen molar-refractivity contribution in [3.63, 3.8) is 0 Å². The zero-order valence-electron chi connectivity index (χ0n) is 13.8. The molecule has 27 heavy (non-hydrogen) atoms. The van der Waals surface area contributed by atoms with Crippen molar-refractivity contribution in [3.05, 3.63) is 59.4 Å². The van der Waals surface area contributed by atoms with Crippen molar-refractivity contribution in [2.75, 3.05) is 18.4 Å². The molecule has 0 bridgehead atoms. The second-order valence-corrected chi connectivity index (χ2v) is 7.93. The molecule has 0 unspecified atom stereocenters. The van der Waals surface area contributed by atoms with Crippen molar-refractivity contribution in [3.8, 4) is 0 Å². The van der Waals surface area contributed by atoms with Gasteiger partial charge in [-0.2, -0.15) is 4.31 Å². The van der Waals surface area contributed by atoms with Crippen molar-refractivity contribution in [2.45, 2.75) is 17.4 Å². The third-order valence-electron chi connectivity index (χ3n) is 4.05. The van der Waals surface area contributed by atoms with Crippen LogP contribution in [0.3, 0.4) is 0 Å². The number of rotatable bonds is 5. The molecule has 0 atom stereocenters. The highest BCUT2D eigenvalue weighted by atomic mass is 32.2. The molecule has 1 fully saturated rings. The number of amides is 1. The number of sulfonamides is 1. The van der Waals surface area contributed by atoms with Gasteiger partial charge in [-0.15, -0.1) is 0 Å². The summed E-state index contributed by atoms with van der Waals surface area (Å²) in [6, 6.07) is 7.94. The molecule has 0 aromatic heterocycles. The van der Waals surface area contributed by atoms with E-state index >= 15 is 0 Å². The van der Waals surface area contributed by atoms with Crippen molar-refractivity contribution in [1.82, 2.24) is 4.31 Å². The highest BCUT2D eigenvalue weighted by Gasteiger charge is 2.35. The van der Waals surface area contributed by atoms with E-state index in [9.17, 15) is 31.5 Å². The molecule has 1 aliphatic rings. The summed E-state index contributed by atoms with van der Waals surface area (Å²) in [6.45, 7) is -0.0461. The van der Waals surface area contributed by atoms with Crippen molar-refractivity contribution in [2.24, 2.45) is 0 Å². The van der Waals surface area contributed by atoms with Crippen LogP contribution >= 0.6 is 0 Å². The Balaban J connectivity index is 1.81. The first-order valence-electron chi connectivity index (χ1n) is 7.85. The average molecular weight is 400 g/mol. The van der Waals surface area contributed by atoms with Gasteiger partial charge in [0.2, 0.25) is 10.0 Å². The molecular weight excluding hydrogens is 385 g/mol. The summed E-state index contributed by atoms with van der Waals surface area (Å²) in [5.74, 6) is -1.82. The average Bonchev–Trinajstić information content (AvgIpc) is 2.60. The van der Waals surface area contributed by atoms with Crippen molar-refractivity contribution in [1.29, 1.82) is 0 Å². The lowest BCUT2D eigenvalue weighted by atomic mass is 10.1. The largest absolute Gasteiger partial charge is 0.390 e. The van der Waals surface area contributed by atoms with Gasteiger partial charge in [-0.25, -0.2) is 21.6 Å². The van der Waals surface area contributed by atoms with E-state index in [0.717, 1.165) is 28.6 Å². The summed E-state index contributed by atoms with van der Waals surface area (Å²) < 4.78 is 64.7. The normalized spacial score (nSPS) is 15.6. The van der Waals surface area contributed by atoms with E-state index in [1.54, 1.807) is 0 Å². The third kappa shape index (κ3) is 3.97. The smallest absolute Gasteiger partial charge is 0.266 e.